The molecule has 0 saturated heterocycles. The molecule has 0 unspecified atom stereocenters. The predicted octanol–water partition coefficient (Wildman–Crippen LogP) is 16.9. The van der Waals surface area contributed by atoms with Gasteiger partial charge >= 0.3 is 30.2 Å². The Morgan fingerprint density at radius 1 is 0.345 bits per heavy atom. The highest BCUT2D eigenvalue weighted by Crippen LogP contribution is 2.37. The molecule has 62 heteroatoms. The maximum absolute atomic E-state index is 14.8. The van der Waals surface area contributed by atoms with Crippen LogP contribution in [0.5, 0.6) is 0 Å². The van der Waals surface area contributed by atoms with Gasteiger partial charge in [0.1, 0.15) is 119 Å². The van der Waals surface area contributed by atoms with Gasteiger partial charge in [0.25, 0.3) is 0 Å². The molecule has 0 fully saturated rings. The molecule has 0 aliphatic carbocycles. The Balaban J connectivity index is 0.000000226. The third-order valence-electron chi connectivity index (χ3n) is 18.4. The molecule has 148 heavy (non-hydrogen) atoms. The van der Waals surface area contributed by atoms with Crippen LogP contribution in [0.25, 0.3) is 0 Å². The van der Waals surface area contributed by atoms with Crippen LogP contribution in [0.4, 0.5) is 176 Å². The third kappa shape index (κ3) is 37.5. The maximum atomic E-state index is 14.8. The van der Waals surface area contributed by atoms with Crippen LogP contribution in [0.2, 0.25) is 15.1 Å². The topological polar surface area (TPSA) is 635 Å². The van der Waals surface area contributed by atoms with Crippen molar-refractivity contribution >= 4 is 236 Å². The maximum Gasteiger partial charge on any atom is 0.327 e. The van der Waals surface area contributed by atoms with E-state index in [0.29, 0.717) is 80.1 Å². The van der Waals surface area contributed by atoms with E-state index in [9.17, 15) is 96.8 Å². The summed E-state index contributed by atoms with van der Waals surface area (Å²) in [5.74, 6) is -4.96. The number of benzene rings is 6. The van der Waals surface area contributed by atoms with Gasteiger partial charge in [0.05, 0.1) is 89.3 Å². The summed E-state index contributed by atoms with van der Waals surface area (Å²) in [6, 6.07) is 25.0. The second-order valence-corrected chi connectivity index (χ2v) is 40.5. The first kappa shape index (κ1) is 118. The molecule has 0 saturated carbocycles. The molecule has 0 aliphatic rings. The molecular formula is C86H100Cl3F7N32O15S5. The number of sulfonamides is 5. The molecule has 10 amide bonds. The van der Waals surface area contributed by atoms with E-state index in [-0.39, 0.29) is 107 Å². The Labute approximate surface area is 860 Å². The number of rotatable bonds is 39. The van der Waals surface area contributed by atoms with Gasteiger partial charge in [-0.2, -0.15) is 5.10 Å². The minimum Gasteiger partial charge on any atom is -0.373 e. The van der Waals surface area contributed by atoms with Gasteiger partial charge in [-0.15, -0.1) is 0 Å². The zero-order valence-corrected chi connectivity index (χ0v) is 86.2. The molecule has 0 radical (unpaired) electrons. The van der Waals surface area contributed by atoms with E-state index in [2.05, 4.69) is 143 Å². The van der Waals surface area contributed by atoms with E-state index in [1.54, 1.807) is 72.7 Å². The molecule has 0 aliphatic heterocycles. The van der Waals surface area contributed by atoms with Crippen molar-refractivity contribution in [2.75, 3.05) is 159 Å². The van der Waals surface area contributed by atoms with E-state index in [0.717, 1.165) is 40.8 Å². The fraction of sp³-hybridized carbons (Fsp3) is 0.256. The van der Waals surface area contributed by atoms with Crippen molar-refractivity contribution in [3.05, 3.63) is 227 Å². The Morgan fingerprint density at radius 2 is 0.662 bits per heavy atom. The molecule has 0 spiro atoms. The lowest BCUT2D eigenvalue weighted by Gasteiger charge is -2.19. The number of nitrogens with zero attached hydrogens (tertiary/aromatic N) is 13. The number of halogens is 10. The van der Waals surface area contributed by atoms with Crippen LogP contribution in [0.15, 0.2) is 165 Å². The summed E-state index contributed by atoms with van der Waals surface area (Å²) in [6.07, 6.45) is 9.62. The van der Waals surface area contributed by atoms with Crippen molar-refractivity contribution in [3.63, 3.8) is 0 Å². The van der Waals surface area contributed by atoms with E-state index in [1.165, 1.54) is 99.3 Å². The number of aromatic nitrogens is 12. The lowest BCUT2D eigenvalue weighted by molar-refractivity contribution is 0.257. The lowest BCUT2D eigenvalue weighted by atomic mass is 10.2. The summed E-state index contributed by atoms with van der Waals surface area (Å²) in [5.41, 5.74) is -3.29. The number of nitrogens with one attached hydrogen (secondary N) is 19. The number of hydrogen-bond donors (Lipinski definition) is 19. The van der Waals surface area contributed by atoms with E-state index < -0.39 is 144 Å². The highest BCUT2D eigenvalue weighted by Gasteiger charge is 2.28. The average Bonchev–Trinajstić information content (AvgIpc) is 0.965. The fourth-order valence-electron chi connectivity index (χ4n) is 11.9. The molecule has 12 rings (SSSR count). The van der Waals surface area contributed by atoms with Crippen molar-refractivity contribution in [2.45, 2.75) is 80.2 Å². The zero-order valence-electron chi connectivity index (χ0n) is 79.8. The van der Waals surface area contributed by atoms with Gasteiger partial charge in [0.2, 0.25) is 50.1 Å². The van der Waals surface area contributed by atoms with Crippen LogP contribution in [-0.4, -0.2) is 188 Å². The summed E-state index contributed by atoms with van der Waals surface area (Å²) in [4.78, 5) is 102. The van der Waals surface area contributed by atoms with Crippen LogP contribution in [0.3, 0.4) is 0 Å². The lowest BCUT2D eigenvalue weighted by Crippen LogP contribution is -2.32. The summed E-state index contributed by atoms with van der Waals surface area (Å²) in [7, 11) is -12.3. The second-order valence-electron chi connectivity index (χ2n) is 30.1. The molecular weight excluding hydrogens is 2120 g/mol. The zero-order chi connectivity index (χ0) is 109. The number of aryl methyl sites for hydroxylation is 1. The van der Waals surface area contributed by atoms with Crippen LogP contribution < -0.4 is 103 Å². The molecule has 794 valence electrons. The quantitative estimate of drug-likeness (QED) is 0.0159. The van der Waals surface area contributed by atoms with Crippen molar-refractivity contribution in [1.29, 1.82) is 0 Å². The Kier molecular flexibility index (Phi) is 44.2. The van der Waals surface area contributed by atoms with Crippen LogP contribution in [0.1, 0.15) is 79.2 Å². The Morgan fingerprint density at radius 3 is 1.04 bits per heavy atom. The molecule has 6 heterocycles. The molecule has 0 bridgehead atoms. The van der Waals surface area contributed by atoms with Crippen molar-refractivity contribution < 1.29 is 96.8 Å². The summed E-state index contributed by atoms with van der Waals surface area (Å²) in [6.45, 7) is 11.3. The minimum atomic E-state index is -3.82. The number of carbonyl (C=O) groups excluding carboxylic acids is 5. The first-order valence-electron chi connectivity index (χ1n) is 43.7. The van der Waals surface area contributed by atoms with Crippen molar-refractivity contribution in [1.82, 2.24) is 59.6 Å². The van der Waals surface area contributed by atoms with Gasteiger partial charge < -0.3 is 53.2 Å². The average molecular weight is 2220 g/mol. The fourth-order valence-corrected chi connectivity index (χ4v) is 18.2. The highest BCUT2D eigenvalue weighted by atomic mass is 35.5. The number of carbonyl (C=O) groups is 5. The van der Waals surface area contributed by atoms with Crippen LogP contribution in [0, 0.1) is 40.7 Å². The van der Waals surface area contributed by atoms with Crippen molar-refractivity contribution in [2.24, 2.45) is 7.05 Å². The van der Waals surface area contributed by atoms with Crippen molar-refractivity contribution in [3.8, 4) is 0 Å². The second kappa shape index (κ2) is 55.6. The first-order valence-corrected chi connectivity index (χ1v) is 53.1. The van der Waals surface area contributed by atoms with E-state index in [1.807, 2.05) is 47.3 Å². The molecule has 6 aromatic carbocycles. The number of amides is 10. The Bertz CT molecular complexity index is 7140. The number of urea groups is 5. The largest absolute Gasteiger partial charge is 0.373 e. The minimum absolute atomic E-state index is 0.0404. The molecule has 6 aromatic heterocycles. The van der Waals surface area contributed by atoms with Crippen LogP contribution >= 0.6 is 34.8 Å². The smallest absolute Gasteiger partial charge is 0.327 e. The molecule has 47 nitrogen and oxygen atoms in total. The van der Waals surface area contributed by atoms with Gasteiger partial charge in [0, 0.05) is 83.9 Å². The standard InChI is InChI=1S/C21H22ClFN6O3S.C19H22F2N8O3S.C16H20F2N6O3S.2C15H18ClFN6O3S/c1-2-10-33(31,32)29-16-9-8-15(22)20(19(16)23)28-21(30)27-18-11-17(25-13-26-18)24-12-14-6-4-3-5-7-14;1-4-9-33(31,32)27-13-6-5-12(20)18(17(13)21)25-19(30)29(3)16-10-15(22-11-23-16)24-14-7-8-28(2)26-14;1-3-7-28(26,27)24-11-6-5-10(17)15(14(11)18)23-16(25)22-13-8-12(19-4-2)20-9-21-13;1-3-6-27(25,26)23-10-5-4-9(17)14(13(10)16)22-15(24)21-12-7-11(18-2)19-8-20-12;1-3-6-27(25,26)23-10-5-4-9(16)14(13(10)17)22-15(24)21-12-7-11(18-2)19-8-20-12/h3-9,11,13,29H,2,10,12H2,1H3,(H3,24,25,26,27,28,30);5-8,10-11,27H,4,9H2,1-3H3,(H,25,30)(H,22,23,24,26);5-6,8-9,24H,3-4,7H2,1-2H3,(H3,19,20,21,22,23,25);2*4-5,7-8,23H,3,6H2,1-2H3,(H3,18,19,20,21,22,24). The highest BCUT2D eigenvalue weighted by molar-refractivity contribution is 7.93. The number of hydrogen-bond acceptors (Lipinski definition) is 31. The van der Waals surface area contributed by atoms with Gasteiger partial charge in [0.15, 0.2) is 29.1 Å². The third-order valence-corrected chi connectivity index (χ3v) is 26.8. The van der Waals surface area contributed by atoms with Gasteiger partial charge in [-0.1, -0.05) is 99.8 Å². The normalized spacial score (nSPS) is 11.0. The van der Waals surface area contributed by atoms with Gasteiger partial charge in [-0.3, -0.25) is 54.5 Å². The van der Waals surface area contributed by atoms with E-state index in [4.69, 9.17) is 34.8 Å². The molecule has 12 aromatic rings. The Hall–Kier alpha value is -15.6. The molecule has 0 atom stereocenters. The summed E-state index contributed by atoms with van der Waals surface area (Å²) >= 11 is 18.0. The first-order chi connectivity index (χ1) is 70.1. The van der Waals surface area contributed by atoms with Gasteiger partial charge in [-0.05, 0) is 105 Å². The number of anilines is 21. The summed E-state index contributed by atoms with van der Waals surface area (Å²) in [5, 5.41) is 38.7. The predicted molar refractivity (Wildman–Crippen MR) is 557 cm³/mol. The summed E-state index contributed by atoms with van der Waals surface area (Å²) < 4.78 is 232. The monoisotopic (exact) mass is 2220 g/mol. The van der Waals surface area contributed by atoms with Crippen LogP contribution in [-0.2, 0) is 63.7 Å². The van der Waals surface area contributed by atoms with E-state index >= 15 is 0 Å². The SMILES string of the molecule is CCCS(=O)(=O)Nc1ccc(Cl)c(NC(=O)Nc2cc(NC)ncn2)c1F.CCCS(=O)(=O)Nc1ccc(Cl)c(NC(=O)Nc2cc(NCc3ccccc3)ncn2)c1F.CCCS(=O)(=O)Nc1ccc(F)c(NC(=O)N(C)c2cc(Nc3ccn(C)n3)ncn2)c1F.CCCS(=O)(=O)Nc1ccc(F)c(NC(=O)Nc2cc(NC)ncn2)c1Cl.CCCS(=O)(=O)Nc1ccc(F)c(NC(=O)Nc2cc(NCC)ncn2)c1F. The molecule has 19 N–H and O–H groups in total. The van der Waals surface area contributed by atoms with Gasteiger partial charge in [-0.25, -0.2) is 147 Å².